The summed E-state index contributed by atoms with van der Waals surface area (Å²) in [5, 5.41) is 37.5. The predicted octanol–water partition coefficient (Wildman–Crippen LogP) is 7.99. The van der Waals surface area contributed by atoms with E-state index in [1.54, 1.807) is 23.5 Å². The normalized spacial score (nSPS) is 24.4. The number of fused-ring (bicyclic) bond motifs is 2. The molecule has 12 rings (SSSR count). The molecule has 1 saturated carbocycles. The number of carbonyl (C=O) groups excluding carboxylic acids is 2. The number of ether oxygens (including phenoxy) is 2. The lowest BCUT2D eigenvalue weighted by Crippen LogP contribution is -2.54. The molecule has 20 heteroatoms. The first-order valence-electron chi connectivity index (χ1n) is 29.2. The Labute approximate surface area is 477 Å². The number of nitrogens with zero attached hydrogens (tertiary/aromatic N) is 10. The summed E-state index contributed by atoms with van der Waals surface area (Å²) in [5.41, 5.74) is 14.5. The third-order valence-electron chi connectivity index (χ3n) is 17.9. The van der Waals surface area contributed by atoms with Crippen LogP contribution in [0.4, 0.5) is 23.0 Å². The van der Waals surface area contributed by atoms with Gasteiger partial charge in [-0.1, -0.05) is 55.4 Å². The summed E-state index contributed by atoms with van der Waals surface area (Å²) < 4.78 is 19.1. The molecular weight excluding hydrogens is 1040 g/mol. The average molecular weight is 1120 g/mol. The van der Waals surface area contributed by atoms with E-state index in [1.165, 1.54) is 4.90 Å². The second kappa shape index (κ2) is 23.5. The first-order valence-corrected chi connectivity index (χ1v) is 30.1. The predicted molar refractivity (Wildman–Crippen MR) is 311 cm³/mol. The van der Waals surface area contributed by atoms with Gasteiger partial charge < -0.3 is 59.8 Å². The number of aromatic hydroxyl groups is 1. The van der Waals surface area contributed by atoms with Gasteiger partial charge in [0.2, 0.25) is 17.7 Å². The Bertz CT molecular complexity index is 3140. The van der Waals surface area contributed by atoms with E-state index in [0.29, 0.717) is 46.7 Å². The molecule has 2 unspecified atom stereocenters. The summed E-state index contributed by atoms with van der Waals surface area (Å²) >= 11 is 1.60. The van der Waals surface area contributed by atoms with Crippen LogP contribution in [-0.4, -0.2) is 152 Å². The SMILES string of the molecule is Cc1ncsc1-c1ccc([C@H](C)NC(=O)[C@@H]2C[C@@H](O)CN2C(=O)[C@H](c2cc(N3CCC(CN4CCC(OC5CC(Oc6cc(N7C8CCC7CN(c7cc(-c9ccccc9O)nnc7N)C8)ccn6)C5)CC4)CC3)no2)C(C)C)cc1. The highest BCUT2D eigenvalue weighted by atomic mass is 32.1. The van der Waals surface area contributed by atoms with Gasteiger partial charge in [0.05, 0.1) is 51.8 Å². The maximum Gasteiger partial charge on any atom is 0.243 e. The molecule has 2 bridgehead atoms. The number of aryl methyl sites for hydroxylation is 1. The number of piperidine rings is 2. The molecule has 81 heavy (non-hydrogen) atoms. The molecule has 6 atom stereocenters. The third-order valence-corrected chi connectivity index (χ3v) is 18.9. The molecule has 5 saturated heterocycles. The molecule has 9 heterocycles. The van der Waals surface area contributed by atoms with Crippen LogP contribution in [0.15, 0.2) is 89.0 Å². The van der Waals surface area contributed by atoms with Gasteiger partial charge in [-0.15, -0.1) is 21.5 Å². The number of hydrogen-bond donors (Lipinski definition) is 4. The molecule has 2 aromatic carbocycles. The van der Waals surface area contributed by atoms with Crippen LogP contribution in [0.3, 0.4) is 0 Å². The number of pyridine rings is 1. The molecule has 428 valence electrons. The van der Waals surface area contributed by atoms with E-state index in [4.69, 9.17) is 19.7 Å². The van der Waals surface area contributed by atoms with Gasteiger partial charge in [-0.3, -0.25) is 9.59 Å². The number of aromatic nitrogens is 5. The average Bonchev–Trinajstić information content (AvgIpc) is 4.28. The summed E-state index contributed by atoms with van der Waals surface area (Å²) in [6.45, 7) is 14.4. The van der Waals surface area contributed by atoms with Gasteiger partial charge >= 0.3 is 0 Å². The van der Waals surface area contributed by atoms with E-state index in [-0.39, 0.29) is 60.8 Å². The second-order valence-corrected chi connectivity index (χ2v) is 24.6. The van der Waals surface area contributed by atoms with Gasteiger partial charge in [0.25, 0.3) is 0 Å². The number of rotatable bonds is 17. The Morgan fingerprint density at radius 3 is 2.31 bits per heavy atom. The Morgan fingerprint density at radius 2 is 1.59 bits per heavy atom. The number of para-hydroxylation sites is 1. The molecule has 19 nitrogen and oxygen atoms in total. The second-order valence-electron chi connectivity index (χ2n) is 23.8. The van der Waals surface area contributed by atoms with Crippen LogP contribution in [0.2, 0.25) is 0 Å². The van der Waals surface area contributed by atoms with Gasteiger partial charge in [-0.05, 0) is 99.6 Å². The topological polar surface area (TPSA) is 225 Å². The zero-order chi connectivity index (χ0) is 55.9. The Morgan fingerprint density at radius 1 is 0.840 bits per heavy atom. The van der Waals surface area contributed by atoms with E-state index in [2.05, 4.69) is 62.4 Å². The lowest BCUT2D eigenvalue weighted by atomic mass is 9.91. The highest BCUT2D eigenvalue weighted by Crippen LogP contribution is 2.41. The fourth-order valence-electron chi connectivity index (χ4n) is 13.4. The maximum absolute atomic E-state index is 14.4. The monoisotopic (exact) mass is 1120 g/mol. The van der Waals surface area contributed by atoms with E-state index in [9.17, 15) is 19.8 Å². The van der Waals surface area contributed by atoms with E-state index in [0.717, 1.165) is 136 Å². The van der Waals surface area contributed by atoms with Crippen molar-refractivity contribution in [3.8, 4) is 33.3 Å². The number of aliphatic hydroxyl groups is 1. The van der Waals surface area contributed by atoms with Crippen molar-refractivity contribution in [1.82, 2.24) is 40.4 Å². The minimum Gasteiger partial charge on any atom is -0.507 e. The van der Waals surface area contributed by atoms with Crippen LogP contribution in [0.25, 0.3) is 21.7 Å². The summed E-state index contributed by atoms with van der Waals surface area (Å²) in [6.07, 6.45) is 9.84. The number of nitrogens with one attached hydrogen (secondary N) is 1. The molecule has 5 N–H and O–H groups in total. The van der Waals surface area contributed by atoms with Crippen molar-refractivity contribution in [1.29, 1.82) is 0 Å². The first-order chi connectivity index (χ1) is 39.3. The number of phenols is 1. The van der Waals surface area contributed by atoms with Crippen LogP contribution in [0, 0.1) is 18.8 Å². The number of nitrogens with two attached hydrogens (primary N) is 1. The summed E-state index contributed by atoms with van der Waals surface area (Å²) in [4.78, 5) is 49.6. The van der Waals surface area contributed by atoms with Crippen LogP contribution in [0.5, 0.6) is 11.6 Å². The van der Waals surface area contributed by atoms with Crippen LogP contribution in [-0.2, 0) is 14.3 Å². The number of aliphatic hydroxyl groups excluding tert-OH is 1. The molecule has 0 radical (unpaired) electrons. The van der Waals surface area contributed by atoms with Crippen molar-refractivity contribution in [2.24, 2.45) is 11.8 Å². The first kappa shape index (κ1) is 54.7. The number of carbonyl (C=O) groups is 2. The molecule has 1 aliphatic carbocycles. The van der Waals surface area contributed by atoms with Crippen LogP contribution >= 0.6 is 11.3 Å². The molecule has 6 aromatic rings. The minimum absolute atomic E-state index is 0.0845. The fraction of sp³-hybridized carbons (Fsp3) is 0.525. The van der Waals surface area contributed by atoms with Gasteiger partial charge in [-0.2, -0.15) is 0 Å². The van der Waals surface area contributed by atoms with Crippen LogP contribution in [0.1, 0.15) is 108 Å². The Balaban J connectivity index is 0.564. The molecule has 2 amide bonds. The number of β-amino-alcohol motifs (C(OH)–C–C–N with tert-alkyl or cyclic N) is 1. The smallest absolute Gasteiger partial charge is 0.243 e. The van der Waals surface area contributed by atoms with E-state index < -0.39 is 18.1 Å². The number of hydrogen-bond acceptors (Lipinski definition) is 18. The summed E-state index contributed by atoms with van der Waals surface area (Å²) in [5.74, 6) is 1.72. The maximum atomic E-state index is 14.4. The van der Waals surface area contributed by atoms with E-state index >= 15 is 0 Å². The fourth-order valence-corrected chi connectivity index (χ4v) is 14.2. The van der Waals surface area contributed by atoms with Crippen molar-refractivity contribution in [3.63, 3.8) is 0 Å². The standard InChI is InChI=1S/C61H76N12O7S/c1-36(2)57(61(77)72-34-45(74)26-52(72)60(76)65-37(3)40-9-11-41(12-10-40)58-38(4)64-35-81-58)54-30-55(68-80-54)70-23-16-39(17-24-70)31-69-21-18-46(19-22-69)78-47-27-48(28-47)79-56-25-42(15-20-63-56)73-43-13-14-44(73)33-71(32-43)51-29-50(66-67-59(51)62)49-7-5-6-8-53(49)75/h5-12,15,20,25,29-30,35-37,39,43-48,52,57,74-75H,13-14,16-19,21-24,26-28,31-34H2,1-4H3,(H2,62,67)(H,65,76)/t37-,43?,44?,45+,47?,48?,52-,57-/m0/s1. The number of phenolic OH excluding ortho intramolecular Hbond substituents is 1. The number of nitrogen functional groups attached to an aromatic ring is 1. The molecule has 6 aliphatic rings. The molecule has 6 fully saturated rings. The summed E-state index contributed by atoms with van der Waals surface area (Å²) in [7, 11) is 0. The number of anilines is 4. The number of benzene rings is 2. The van der Waals surface area contributed by atoms with Crippen molar-refractivity contribution in [3.05, 3.63) is 102 Å². The number of piperazine rings is 1. The quantitative estimate of drug-likeness (QED) is 0.0679. The van der Waals surface area contributed by atoms with Gasteiger partial charge in [0.15, 0.2) is 17.4 Å². The van der Waals surface area contributed by atoms with Crippen LogP contribution < -0.4 is 30.5 Å². The van der Waals surface area contributed by atoms with Crippen molar-refractivity contribution in [2.45, 2.75) is 140 Å². The molecule has 4 aromatic heterocycles. The Hall–Kier alpha value is -6.87. The van der Waals surface area contributed by atoms with Crippen molar-refractivity contribution >= 4 is 46.2 Å². The number of amides is 2. The molecular formula is C61H76N12O7S. The van der Waals surface area contributed by atoms with Crippen molar-refractivity contribution < 1.29 is 33.8 Å². The van der Waals surface area contributed by atoms with E-state index in [1.807, 2.05) is 87.9 Å². The Kier molecular flexibility index (Phi) is 15.9. The lowest BCUT2D eigenvalue weighted by molar-refractivity contribution is -0.141. The largest absolute Gasteiger partial charge is 0.507 e. The molecule has 5 aliphatic heterocycles. The number of thiazole rings is 1. The lowest BCUT2D eigenvalue weighted by Gasteiger charge is -2.43. The zero-order valence-electron chi connectivity index (χ0n) is 46.8. The van der Waals surface area contributed by atoms with Crippen molar-refractivity contribution in [2.75, 3.05) is 72.8 Å². The number of likely N-dealkylation sites (tertiary alicyclic amines) is 2. The van der Waals surface area contributed by atoms with Gasteiger partial charge in [0.1, 0.15) is 23.8 Å². The highest BCUT2D eigenvalue weighted by Gasteiger charge is 2.45. The zero-order valence-corrected chi connectivity index (χ0v) is 47.7. The highest BCUT2D eigenvalue weighted by molar-refractivity contribution is 7.13. The minimum atomic E-state index is -0.803. The summed E-state index contributed by atoms with van der Waals surface area (Å²) in [6, 6.07) is 22.8. The third kappa shape index (κ3) is 11.8. The van der Waals surface area contributed by atoms with Gasteiger partial charge in [0, 0.05) is 113 Å². The molecule has 0 spiro atoms. The van der Waals surface area contributed by atoms with Gasteiger partial charge in [-0.25, -0.2) is 9.97 Å².